The number of sulfone groups is 1. The molecule has 18 heavy (non-hydrogen) atoms. The summed E-state index contributed by atoms with van der Waals surface area (Å²) in [6, 6.07) is 0. The van der Waals surface area contributed by atoms with Gasteiger partial charge < -0.3 is 10.1 Å². The average molecular weight is 277 g/mol. The molecule has 0 saturated carbocycles. The monoisotopic (exact) mass is 277 g/mol. The Hall–Kier alpha value is -0.620. The molecular formula is C12H23NO4S. The zero-order valence-corrected chi connectivity index (χ0v) is 12.0. The number of esters is 1. The highest BCUT2D eigenvalue weighted by Crippen LogP contribution is 2.27. The molecule has 1 aliphatic heterocycles. The molecular weight excluding hydrogens is 254 g/mol. The number of hydrogen-bond donors (Lipinski definition) is 1. The highest BCUT2D eigenvalue weighted by Gasteiger charge is 2.38. The van der Waals surface area contributed by atoms with Gasteiger partial charge in [0.1, 0.15) is 9.84 Å². The lowest BCUT2D eigenvalue weighted by Gasteiger charge is -2.37. The number of hydrogen-bond acceptors (Lipinski definition) is 5. The van der Waals surface area contributed by atoms with Crippen LogP contribution in [0.4, 0.5) is 0 Å². The molecule has 0 bridgehead atoms. The minimum Gasteiger partial charge on any atom is -0.466 e. The minimum absolute atomic E-state index is 0.156. The van der Waals surface area contributed by atoms with Gasteiger partial charge in [-0.15, -0.1) is 0 Å². The van der Waals surface area contributed by atoms with Crippen LogP contribution in [0.25, 0.3) is 0 Å². The lowest BCUT2D eigenvalue weighted by molar-refractivity contribution is -0.145. The summed E-state index contributed by atoms with van der Waals surface area (Å²) in [6.45, 7) is 4.97. The first-order chi connectivity index (χ1) is 8.43. The van der Waals surface area contributed by atoms with Gasteiger partial charge in [0.25, 0.3) is 0 Å². The maximum atomic E-state index is 11.6. The van der Waals surface area contributed by atoms with Gasteiger partial charge in [0, 0.05) is 5.54 Å². The van der Waals surface area contributed by atoms with E-state index in [9.17, 15) is 13.2 Å². The van der Waals surface area contributed by atoms with Crippen LogP contribution >= 0.6 is 0 Å². The third-order valence-electron chi connectivity index (χ3n) is 3.32. The lowest BCUT2D eigenvalue weighted by atomic mass is 9.88. The zero-order chi connectivity index (χ0) is 13.6. The summed E-state index contributed by atoms with van der Waals surface area (Å²) in [5.41, 5.74) is -0.395. The second-order valence-electron chi connectivity index (χ2n) is 4.84. The Kier molecular flexibility index (Phi) is 5.59. The summed E-state index contributed by atoms with van der Waals surface area (Å²) in [6.07, 6.45) is 2.20. The Bertz CT molecular complexity index is 364. The Labute approximate surface area is 109 Å². The maximum absolute atomic E-state index is 11.6. The van der Waals surface area contributed by atoms with Crippen molar-refractivity contribution < 1.29 is 17.9 Å². The van der Waals surface area contributed by atoms with Crippen LogP contribution in [0.1, 0.15) is 39.5 Å². The van der Waals surface area contributed by atoms with Crippen molar-refractivity contribution in [3.63, 3.8) is 0 Å². The molecule has 1 fully saturated rings. The molecule has 1 saturated heterocycles. The van der Waals surface area contributed by atoms with Crippen molar-refractivity contribution in [2.45, 2.75) is 45.1 Å². The molecule has 0 aromatic carbocycles. The Morgan fingerprint density at radius 3 is 2.39 bits per heavy atom. The van der Waals surface area contributed by atoms with Gasteiger partial charge in [-0.25, -0.2) is 8.42 Å². The van der Waals surface area contributed by atoms with Gasteiger partial charge in [0.2, 0.25) is 0 Å². The predicted molar refractivity (Wildman–Crippen MR) is 70.2 cm³/mol. The molecule has 106 valence electrons. The van der Waals surface area contributed by atoms with Crippen molar-refractivity contribution >= 4 is 15.8 Å². The molecule has 0 aromatic heterocycles. The molecule has 0 radical (unpaired) electrons. The molecule has 0 unspecified atom stereocenters. The van der Waals surface area contributed by atoms with Gasteiger partial charge in [-0.3, -0.25) is 4.79 Å². The van der Waals surface area contributed by atoms with Crippen molar-refractivity contribution in [2.24, 2.45) is 0 Å². The molecule has 0 atom stereocenters. The number of nitrogens with one attached hydrogen (secondary N) is 1. The van der Waals surface area contributed by atoms with Gasteiger partial charge in [-0.2, -0.15) is 0 Å². The van der Waals surface area contributed by atoms with Crippen molar-refractivity contribution in [3.8, 4) is 0 Å². The van der Waals surface area contributed by atoms with E-state index >= 15 is 0 Å². The number of carbonyl (C=O) groups excluding carboxylic acids is 1. The van der Waals surface area contributed by atoms with Crippen molar-refractivity contribution in [1.82, 2.24) is 5.32 Å². The quantitative estimate of drug-likeness (QED) is 0.730. The van der Waals surface area contributed by atoms with E-state index in [1.165, 1.54) is 0 Å². The maximum Gasteiger partial charge on any atom is 0.307 e. The van der Waals surface area contributed by atoms with Crippen LogP contribution in [0.15, 0.2) is 0 Å². The van der Waals surface area contributed by atoms with Crippen LogP contribution in [0.2, 0.25) is 0 Å². The predicted octanol–water partition coefficient (Wildman–Crippen LogP) is 0.887. The third-order valence-corrected chi connectivity index (χ3v) is 4.97. The minimum atomic E-state index is -2.92. The summed E-state index contributed by atoms with van der Waals surface area (Å²) < 4.78 is 27.9. The largest absolute Gasteiger partial charge is 0.466 e. The molecule has 5 nitrogen and oxygen atoms in total. The standard InChI is InChI=1S/C12H23NO4S/c1-3-7-13-12(10-11(14)17-4-2)5-8-18(15,16)9-6-12/h13H,3-10H2,1-2H3. The van der Waals surface area contributed by atoms with Gasteiger partial charge in [0.05, 0.1) is 24.5 Å². The topological polar surface area (TPSA) is 72.5 Å². The third kappa shape index (κ3) is 4.57. The first kappa shape index (κ1) is 15.4. The Balaban J connectivity index is 2.68. The molecule has 1 N–H and O–H groups in total. The van der Waals surface area contributed by atoms with E-state index in [1.54, 1.807) is 6.92 Å². The number of ether oxygens (including phenoxy) is 1. The lowest BCUT2D eigenvalue weighted by Crippen LogP contribution is -2.52. The fraction of sp³-hybridized carbons (Fsp3) is 0.917. The van der Waals surface area contributed by atoms with Crippen LogP contribution in [-0.4, -0.2) is 44.6 Å². The van der Waals surface area contributed by atoms with E-state index in [2.05, 4.69) is 5.32 Å². The molecule has 0 aliphatic carbocycles. The van der Waals surface area contributed by atoms with Crippen molar-refractivity contribution in [3.05, 3.63) is 0 Å². The molecule has 0 aromatic rings. The Morgan fingerprint density at radius 2 is 1.89 bits per heavy atom. The van der Waals surface area contributed by atoms with Gasteiger partial charge >= 0.3 is 5.97 Å². The first-order valence-electron chi connectivity index (χ1n) is 6.54. The second kappa shape index (κ2) is 6.52. The fourth-order valence-electron chi connectivity index (χ4n) is 2.22. The van der Waals surface area contributed by atoms with Gasteiger partial charge in [-0.05, 0) is 32.7 Å². The molecule has 1 rings (SSSR count). The highest BCUT2D eigenvalue weighted by molar-refractivity contribution is 7.91. The normalized spacial score (nSPS) is 21.4. The Morgan fingerprint density at radius 1 is 1.28 bits per heavy atom. The van der Waals surface area contributed by atoms with Crippen molar-refractivity contribution in [2.75, 3.05) is 24.7 Å². The van der Waals surface area contributed by atoms with E-state index in [0.29, 0.717) is 19.4 Å². The van der Waals surface area contributed by atoms with Crippen molar-refractivity contribution in [1.29, 1.82) is 0 Å². The van der Waals surface area contributed by atoms with Crippen LogP contribution < -0.4 is 5.32 Å². The van der Waals surface area contributed by atoms with Crippen LogP contribution in [0, 0.1) is 0 Å². The van der Waals surface area contributed by atoms with Crippen LogP contribution in [0.5, 0.6) is 0 Å². The second-order valence-corrected chi connectivity index (χ2v) is 7.14. The first-order valence-corrected chi connectivity index (χ1v) is 8.36. The van der Waals surface area contributed by atoms with Crippen LogP contribution in [0.3, 0.4) is 0 Å². The van der Waals surface area contributed by atoms with Gasteiger partial charge in [0.15, 0.2) is 0 Å². The SMILES string of the molecule is CCCNC1(CC(=O)OCC)CCS(=O)(=O)CC1. The van der Waals surface area contributed by atoms with E-state index in [-0.39, 0.29) is 23.9 Å². The molecule has 0 amide bonds. The van der Waals surface area contributed by atoms with E-state index in [4.69, 9.17) is 4.74 Å². The summed E-state index contributed by atoms with van der Waals surface area (Å²) in [7, 11) is -2.92. The van der Waals surface area contributed by atoms with E-state index in [1.807, 2.05) is 6.92 Å². The summed E-state index contributed by atoms with van der Waals surface area (Å²) in [4.78, 5) is 11.6. The summed E-state index contributed by atoms with van der Waals surface area (Å²) >= 11 is 0. The highest BCUT2D eigenvalue weighted by atomic mass is 32.2. The van der Waals surface area contributed by atoms with E-state index < -0.39 is 15.4 Å². The smallest absolute Gasteiger partial charge is 0.307 e. The number of rotatable bonds is 6. The molecule has 1 heterocycles. The van der Waals surface area contributed by atoms with Crippen LogP contribution in [-0.2, 0) is 19.4 Å². The summed E-state index contributed by atoms with van der Waals surface area (Å²) in [5.74, 6) is 0.0621. The molecule has 6 heteroatoms. The van der Waals surface area contributed by atoms with E-state index in [0.717, 1.165) is 13.0 Å². The summed E-state index contributed by atoms with van der Waals surface area (Å²) in [5, 5.41) is 3.35. The zero-order valence-electron chi connectivity index (χ0n) is 11.2. The fourth-order valence-corrected chi connectivity index (χ4v) is 3.83. The van der Waals surface area contributed by atoms with Gasteiger partial charge in [-0.1, -0.05) is 6.92 Å². The molecule has 0 spiro atoms. The number of carbonyl (C=O) groups is 1. The average Bonchev–Trinajstić information content (AvgIpc) is 2.31. The molecule has 1 aliphatic rings.